The van der Waals surface area contributed by atoms with Crippen LogP contribution in [0.5, 0.6) is 0 Å². The Bertz CT molecular complexity index is 552. The summed E-state index contributed by atoms with van der Waals surface area (Å²) in [5, 5.41) is 0. The van der Waals surface area contributed by atoms with Gasteiger partial charge in [0.2, 0.25) is 0 Å². The fourth-order valence-electron chi connectivity index (χ4n) is 2.56. The Balaban J connectivity index is 2.40. The standard InChI is InChI=1S/C17H20O4/c1-12(2)10-17(11-13-8-6-5-7-9-13)14(18)20-16(3,4)21-15(17)19/h5-9H,1,10-11H2,2-4H3. The first-order chi connectivity index (χ1) is 9.75. The van der Waals surface area contributed by atoms with Gasteiger partial charge in [-0.05, 0) is 25.3 Å². The largest absolute Gasteiger partial charge is 0.422 e. The van der Waals surface area contributed by atoms with Gasteiger partial charge < -0.3 is 9.47 Å². The molecule has 1 fully saturated rings. The van der Waals surface area contributed by atoms with Crippen LogP contribution in [0.3, 0.4) is 0 Å². The summed E-state index contributed by atoms with van der Waals surface area (Å²) in [7, 11) is 0. The molecular weight excluding hydrogens is 268 g/mol. The van der Waals surface area contributed by atoms with E-state index in [1.807, 2.05) is 30.3 Å². The molecule has 0 aliphatic carbocycles. The molecule has 0 N–H and O–H groups in total. The molecular formula is C17H20O4. The normalized spacial score (nSPS) is 19.6. The highest BCUT2D eigenvalue weighted by molar-refractivity contribution is 6.02. The lowest BCUT2D eigenvalue weighted by molar-refractivity contribution is -0.251. The van der Waals surface area contributed by atoms with Crippen LogP contribution in [0.15, 0.2) is 42.5 Å². The molecule has 1 aliphatic rings. The SMILES string of the molecule is C=C(C)CC1(Cc2ccccc2)C(=O)OC(C)(C)OC1=O. The van der Waals surface area contributed by atoms with Crippen LogP contribution in [-0.2, 0) is 25.5 Å². The molecule has 0 bridgehead atoms. The first-order valence-corrected chi connectivity index (χ1v) is 6.90. The van der Waals surface area contributed by atoms with Crippen LogP contribution in [0.2, 0.25) is 0 Å². The van der Waals surface area contributed by atoms with Crippen molar-refractivity contribution in [3.63, 3.8) is 0 Å². The zero-order valence-corrected chi connectivity index (χ0v) is 12.6. The Labute approximate surface area is 124 Å². The van der Waals surface area contributed by atoms with Crippen LogP contribution in [0, 0.1) is 5.41 Å². The van der Waals surface area contributed by atoms with Gasteiger partial charge in [0, 0.05) is 13.8 Å². The van der Waals surface area contributed by atoms with Crippen LogP contribution in [-0.4, -0.2) is 17.7 Å². The molecule has 0 amide bonds. The zero-order chi connectivity index (χ0) is 15.7. The van der Waals surface area contributed by atoms with E-state index < -0.39 is 23.1 Å². The van der Waals surface area contributed by atoms with Crippen molar-refractivity contribution in [2.75, 3.05) is 0 Å². The summed E-state index contributed by atoms with van der Waals surface area (Å²) in [6.07, 6.45) is 0.462. The molecule has 1 heterocycles. The summed E-state index contributed by atoms with van der Waals surface area (Å²) in [5.74, 6) is -2.31. The van der Waals surface area contributed by atoms with Gasteiger partial charge in [0.05, 0.1) is 0 Å². The van der Waals surface area contributed by atoms with Gasteiger partial charge in [0.1, 0.15) is 0 Å². The number of carbonyl (C=O) groups excluding carboxylic acids is 2. The molecule has 112 valence electrons. The van der Waals surface area contributed by atoms with E-state index in [9.17, 15) is 9.59 Å². The van der Waals surface area contributed by atoms with Crippen molar-refractivity contribution in [1.29, 1.82) is 0 Å². The number of allylic oxidation sites excluding steroid dienone is 1. The Morgan fingerprint density at radius 3 is 2.10 bits per heavy atom. The minimum absolute atomic E-state index is 0.218. The van der Waals surface area contributed by atoms with E-state index in [2.05, 4.69) is 6.58 Å². The van der Waals surface area contributed by atoms with Crippen molar-refractivity contribution in [3.8, 4) is 0 Å². The Morgan fingerprint density at radius 1 is 1.10 bits per heavy atom. The fourth-order valence-corrected chi connectivity index (χ4v) is 2.56. The summed E-state index contributed by atoms with van der Waals surface area (Å²) < 4.78 is 10.6. The van der Waals surface area contributed by atoms with E-state index in [-0.39, 0.29) is 12.8 Å². The minimum atomic E-state index is -1.34. The topological polar surface area (TPSA) is 52.6 Å². The Kier molecular flexibility index (Phi) is 3.90. The summed E-state index contributed by atoms with van der Waals surface area (Å²) in [4.78, 5) is 25.0. The van der Waals surface area contributed by atoms with Gasteiger partial charge in [-0.25, -0.2) is 0 Å². The average Bonchev–Trinajstić information content (AvgIpc) is 2.35. The first kappa shape index (κ1) is 15.3. The maximum atomic E-state index is 12.5. The molecule has 4 heteroatoms. The third-order valence-corrected chi connectivity index (χ3v) is 3.41. The van der Waals surface area contributed by atoms with Crippen LogP contribution in [0.25, 0.3) is 0 Å². The summed E-state index contributed by atoms with van der Waals surface area (Å²) in [6.45, 7) is 8.71. The molecule has 0 saturated carbocycles. The smallest absolute Gasteiger partial charge is 0.327 e. The van der Waals surface area contributed by atoms with Crippen molar-refractivity contribution < 1.29 is 19.1 Å². The van der Waals surface area contributed by atoms with Gasteiger partial charge in [-0.15, -0.1) is 6.58 Å². The van der Waals surface area contributed by atoms with Crippen LogP contribution < -0.4 is 0 Å². The van der Waals surface area contributed by atoms with Crippen molar-refractivity contribution in [2.45, 2.75) is 39.4 Å². The highest BCUT2D eigenvalue weighted by Crippen LogP contribution is 2.39. The number of carbonyl (C=O) groups is 2. The number of esters is 2. The van der Waals surface area contributed by atoms with E-state index >= 15 is 0 Å². The van der Waals surface area contributed by atoms with Crippen molar-refractivity contribution in [2.24, 2.45) is 5.41 Å². The predicted octanol–water partition coefficient (Wildman–Crippen LogP) is 3.02. The quantitative estimate of drug-likeness (QED) is 0.485. The van der Waals surface area contributed by atoms with Crippen molar-refractivity contribution in [3.05, 3.63) is 48.0 Å². The number of hydrogen-bond donors (Lipinski definition) is 0. The maximum absolute atomic E-state index is 12.5. The number of hydrogen-bond acceptors (Lipinski definition) is 4. The predicted molar refractivity (Wildman–Crippen MR) is 78.3 cm³/mol. The third kappa shape index (κ3) is 3.15. The number of cyclic esters (lactones) is 2. The minimum Gasteiger partial charge on any atom is -0.422 e. The molecule has 4 nitrogen and oxygen atoms in total. The van der Waals surface area contributed by atoms with Gasteiger partial charge in [-0.2, -0.15) is 0 Å². The molecule has 2 rings (SSSR count). The van der Waals surface area contributed by atoms with E-state index in [1.54, 1.807) is 20.8 Å². The van der Waals surface area contributed by atoms with Gasteiger partial charge in [0.25, 0.3) is 5.79 Å². The van der Waals surface area contributed by atoms with Crippen LogP contribution in [0.4, 0.5) is 0 Å². The van der Waals surface area contributed by atoms with Crippen molar-refractivity contribution in [1.82, 2.24) is 0 Å². The molecule has 0 spiro atoms. The highest BCUT2D eigenvalue weighted by atomic mass is 16.7. The highest BCUT2D eigenvalue weighted by Gasteiger charge is 2.55. The molecule has 1 aromatic carbocycles. The summed E-state index contributed by atoms with van der Waals surface area (Å²) >= 11 is 0. The summed E-state index contributed by atoms with van der Waals surface area (Å²) in [6, 6.07) is 9.37. The van der Waals surface area contributed by atoms with E-state index in [0.717, 1.165) is 11.1 Å². The molecule has 1 aromatic rings. The number of benzene rings is 1. The fraction of sp³-hybridized carbons (Fsp3) is 0.412. The number of ether oxygens (including phenoxy) is 2. The molecule has 0 radical (unpaired) electrons. The first-order valence-electron chi connectivity index (χ1n) is 6.90. The molecule has 21 heavy (non-hydrogen) atoms. The average molecular weight is 288 g/mol. The Hall–Kier alpha value is -2.10. The second-order valence-electron chi connectivity index (χ2n) is 6.06. The van der Waals surface area contributed by atoms with Gasteiger partial charge in [-0.1, -0.05) is 35.9 Å². The molecule has 0 unspecified atom stereocenters. The zero-order valence-electron chi connectivity index (χ0n) is 12.6. The van der Waals surface area contributed by atoms with Gasteiger partial charge in [0.15, 0.2) is 5.41 Å². The maximum Gasteiger partial charge on any atom is 0.327 e. The molecule has 0 aromatic heterocycles. The molecule has 1 saturated heterocycles. The van der Waals surface area contributed by atoms with E-state index in [0.29, 0.717) is 0 Å². The lowest BCUT2D eigenvalue weighted by atomic mass is 9.76. The lowest BCUT2D eigenvalue weighted by Crippen LogP contribution is -2.55. The van der Waals surface area contributed by atoms with Crippen LogP contribution >= 0.6 is 0 Å². The molecule has 0 atom stereocenters. The molecule has 1 aliphatic heterocycles. The second kappa shape index (κ2) is 5.35. The third-order valence-electron chi connectivity index (χ3n) is 3.41. The summed E-state index contributed by atoms with van der Waals surface area (Å²) in [5.41, 5.74) is 0.273. The number of rotatable bonds is 4. The van der Waals surface area contributed by atoms with Gasteiger partial charge in [-0.3, -0.25) is 9.59 Å². The second-order valence-corrected chi connectivity index (χ2v) is 6.06. The van der Waals surface area contributed by atoms with Crippen molar-refractivity contribution >= 4 is 11.9 Å². The van der Waals surface area contributed by atoms with Crippen LogP contribution in [0.1, 0.15) is 32.8 Å². The Morgan fingerprint density at radius 2 is 1.62 bits per heavy atom. The lowest BCUT2D eigenvalue weighted by Gasteiger charge is -2.40. The monoisotopic (exact) mass is 288 g/mol. The van der Waals surface area contributed by atoms with E-state index in [1.165, 1.54) is 0 Å². The van der Waals surface area contributed by atoms with Gasteiger partial charge >= 0.3 is 11.9 Å². The van der Waals surface area contributed by atoms with E-state index in [4.69, 9.17) is 9.47 Å².